The Balaban J connectivity index is 2.48. The van der Waals surface area contributed by atoms with Crippen molar-refractivity contribution in [2.24, 2.45) is 11.7 Å². The highest BCUT2D eigenvalue weighted by Crippen LogP contribution is 2.09. The van der Waals surface area contributed by atoms with E-state index in [1.54, 1.807) is 12.1 Å². The molecule has 0 spiro atoms. The molecule has 0 saturated heterocycles. The number of hydrogen-bond donors (Lipinski definition) is 3. The first-order valence-corrected chi connectivity index (χ1v) is 7.97. The van der Waals surface area contributed by atoms with Gasteiger partial charge in [0.25, 0.3) is 5.91 Å². The number of hydrogen-bond acceptors (Lipinski definition) is 3. The van der Waals surface area contributed by atoms with Gasteiger partial charge in [-0.2, -0.15) is 0 Å². The fourth-order valence-corrected chi connectivity index (χ4v) is 2.17. The molecule has 5 nitrogen and oxygen atoms in total. The summed E-state index contributed by atoms with van der Waals surface area (Å²) in [6.45, 7) is 5.68. The topological polar surface area (TPSA) is 84.2 Å². The average Bonchev–Trinajstić information content (AvgIpc) is 2.54. The molecule has 0 unspecified atom stereocenters. The Labute approximate surface area is 132 Å². The summed E-state index contributed by atoms with van der Waals surface area (Å²) in [5, 5.41) is 5.75. The molecule has 1 aromatic carbocycles. The third-order valence-electron chi connectivity index (χ3n) is 3.71. The van der Waals surface area contributed by atoms with E-state index < -0.39 is 0 Å². The smallest absolute Gasteiger partial charge is 0.251 e. The van der Waals surface area contributed by atoms with Gasteiger partial charge in [-0.3, -0.25) is 9.59 Å². The molecule has 122 valence electrons. The van der Waals surface area contributed by atoms with Crippen molar-refractivity contribution in [2.75, 3.05) is 13.1 Å². The Hall–Kier alpha value is -1.88. The van der Waals surface area contributed by atoms with Crippen LogP contribution in [0.15, 0.2) is 24.3 Å². The van der Waals surface area contributed by atoms with Crippen LogP contribution in [0, 0.1) is 5.92 Å². The molecule has 0 aliphatic rings. The quantitative estimate of drug-likeness (QED) is 0.608. The number of carbonyl (C=O) groups excluding carboxylic acids is 2. The molecule has 0 bridgehead atoms. The van der Waals surface area contributed by atoms with Crippen LogP contribution in [0.2, 0.25) is 0 Å². The van der Waals surface area contributed by atoms with Gasteiger partial charge in [0.15, 0.2) is 0 Å². The number of carbonyl (C=O) groups is 2. The van der Waals surface area contributed by atoms with E-state index >= 15 is 0 Å². The summed E-state index contributed by atoms with van der Waals surface area (Å²) >= 11 is 0. The van der Waals surface area contributed by atoms with Crippen molar-refractivity contribution in [3.05, 3.63) is 35.4 Å². The number of nitrogens with one attached hydrogen (secondary N) is 2. The predicted molar refractivity (Wildman–Crippen MR) is 88.4 cm³/mol. The maximum Gasteiger partial charge on any atom is 0.251 e. The molecular formula is C17H27N3O2. The second kappa shape index (κ2) is 9.95. The monoisotopic (exact) mass is 305 g/mol. The summed E-state index contributed by atoms with van der Waals surface area (Å²) in [5.74, 6) is 0.0715. The first kappa shape index (κ1) is 18.2. The fraction of sp³-hybridized carbons (Fsp3) is 0.529. The Bertz CT molecular complexity index is 467. The van der Waals surface area contributed by atoms with Crippen molar-refractivity contribution in [3.63, 3.8) is 0 Å². The van der Waals surface area contributed by atoms with Crippen LogP contribution in [-0.2, 0) is 11.3 Å². The summed E-state index contributed by atoms with van der Waals surface area (Å²) in [7, 11) is 0. The van der Waals surface area contributed by atoms with Gasteiger partial charge >= 0.3 is 0 Å². The van der Waals surface area contributed by atoms with Gasteiger partial charge in [0.2, 0.25) is 5.91 Å². The van der Waals surface area contributed by atoms with E-state index in [9.17, 15) is 9.59 Å². The van der Waals surface area contributed by atoms with Crippen LogP contribution in [-0.4, -0.2) is 24.9 Å². The predicted octanol–water partition coefficient (Wildman–Crippen LogP) is 1.82. The summed E-state index contributed by atoms with van der Waals surface area (Å²) < 4.78 is 0. The van der Waals surface area contributed by atoms with Gasteiger partial charge in [-0.25, -0.2) is 0 Å². The van der Waals surface area contributed by atoms with Crippen LogP contribution in [0.3, 0.4) is 0 Å². The van der Waals surface area contributed by atoms with E-state index in [-0.39, 0.29) is 17.7 Å². The molecule has 2 amide bonds. The Morgan fingerprint density at radius 1 is 1.09 bits per heavy atom. The van der Waals surface area contributed by atoms with Gasteiger partial charge in [0.05, 0.1) is 0 Å². The summed E-state index contributed by atoms with van der Waals surface area (Å²) in [6, 6.07) is 7.28. The number of amides is 2. The molecule has 0 aliphatic carbocycles. The standard InChI is InChI=1S/C17H27N3O2/c1-3-14(4-2)16(21)20-12-13-6-8-15(9-7-13)17(22)19-11-5-10-18/h6-9,14H,3-5,10-12,18H2,1-2H3,(H,19,22)(H,20,21). The number of nitrogens with two attached hydrogens (primary N) is 1. The second-order valence-electron chi connectivity index (χ2n) is 5.33. The largest absolute Gasteiger partial charge is 0.352 e. The Kier molecular flexibility index (Phi) is 8.22. The van der Waals surface area contributed by atoms with Crippen molar-refractivity contribution in [2.45, 2.75) is 39.7 Å². The zero-order chi connectivity index (χ0) is 16.4. The zero-order valence-electron chi connectivity index (χ0n) is 13.5. The van der Waals surface area contributed by atoms with Crippen molar-refractivity contribution in [3.8, 4) is 0 Å². The minimum absolute atomic E-state index is 0.0765. The minimum Gasteiger partial charge on any atom is -0.352 e. The van der Waals surface area contributed by atoms with Crippen molar-refractivity contribution in [1.29, 1.82) is 0 Å². The van der Waals surface area contributed by atoms with E-state index in [2.05, 4.69) is 10.6 Å². The van der Waals surface area contributed by atoms with Crippen molar-refractivity contribution >= 4 is 11.8 Å². The third-order valence-corrected chi connectivity index (χ3v) is 3.71. The molecule has 0 atom stereocenters. The van der Waals surface area contributed by atoms with Crippen LogP contribution >= 0.6 is 0 Å². The maximum absolute atomic E-state index is 11.9. The first-order chi connectivity index (χ1) is 10.6. The molecule has 0 aliphatic heterocycles. The highest BCUT2D eigenvalue weighted by atomic mass is 16.2. The molecule has 0 fully saturated rings. The number of rotatable bonds is 9. The fourth-order valence-electron chi connectivity index (χ4n) is 2.17. The molecule has 4 N–H and O–H groups in total. The van der Waals surface area contributed by atoms with Gasteiger partial charge in [-0.05, 0) is 43.5 Å². The van der Waals surface area contributed by atoms with Gasteiger partial charge < -0.3 is 16.4 Å². The first-order valence-electron chi connectivity index (χ1n) is 7.97. The lowest BCUT2D eigenvalue weighted by atomic mass is 10.0. The van der Waals surface area contributed by atoms with Crippen LogP contribution in [0.4, 0.5) is 0 Å². The lowest BCUT2D eigenvalue weighted by Crippen LogP contribution is -2.29. The van der Waals surface area contributed by atoms with E-state index in [1.807, 2.05) is 26.0 Å². The number of benzene rings is 1. The molecule has 0 aromatic heterocycles. The normalized spacial score (nSPS) is 10.5. The Morgan fingerprint density at radius 2 is 1.73 bits per heavy atom. The van der Waals surface area contributed by atoms with Crippen molar-refractivity contribution < 1.29 is 9.59 Å². The highest BCUT2D eigenvalue weighted by molar-refractivity contribution is 5.94. The van der Waals surface area contributed by atoms with Gasteiger partial charge in [-0.1, -0.05) is 26.0 Å². The average molecular weight is 305 g/mol. The SMILES string of the molecule is CCC(CC)C(=O)NCc1ccc(C(=O)NCCCN)cc1. The lowest BCUT2D eigenvalue weighted by Gasteiger charge is -2.13. The van der Waals surface area contributed by atoms with Gasteiger partial charge in [-0.15, -0.1) is 0 Å². The molecular weight excluding hydrogens is 278 g/mol. The molecule has 22 heavy (non-hydrogen) atoms. The zero-order valence-corrected chi connectivity index (χ0v) is 13.5. The molecule has 0 heterocycles. The van der Waals surface area contributed by atoms with E-state index in [0.29, 0.717) is 25.2 Å². The highest BCUT2D eigenvalue weighted by Gasteiger charge is 2.13. The van der Waals surface area contributed by atoms with Crippen molar-refractivity contribution in [1.82, 2.24) is 10.6 Å². The van der Waals surface area contributed by atoms with Crippen LogP contribution < -0.4 is 16.4 Å². The lowest BCUT2D eigenvalue weighted by molar-refractivity contribution is -0.125. The van der Waals surface area contributed by atoms with E-state index in [0.717, 1.165) is 24.8 Å². The summed E-state index contributed by atoms with van der Waals surface area (Å²) in [6.07, 6.45) is 2.47. The molecule has 1 aromatic rings. The van der Waals surface area contributed by atoms with E-state index in [1.165, 1.54) is 0 Å². The van der Waals surface area contributed by atoms with Crippen LogP contribution in [0.5, 0.6) is 0 Å². The summed E-state index contributed by atoms with van der Waals surface area (Å²) in [4.78, 5) is 23.8. The molecule has 0 radical (unpaired) electrons. The van der Waals surface area contributed by atoms with Crippen LogP contribution in [0.1, 0.15) is 49.0 Å². The van der Waals surface area contributed by atoms with Crippen LogP contribution in [0.25, 0.3) is 0 Å². The second-order valence-corrected chi connectivity index (χ2v) is 5.33. The maximum atomic E-state index is 11.9. The molecule has 5 heteroatoms. The van der Waals surface area contributed by atoms with Gasteiger partial charge in [0, 0.05) is 24.6 Å². The summed E-state index contributed by atoms with van der Waals surface area (Å²) in [5.41, 5.74) is 6.99. The third kappa shape index (κ3) is 5.85. The van der Waals surface area contributed by atoms with E-state index in [4.69, 9.17) is 5.73 Å². The molecule has 1 rings (SSSR count). The minimum atomic E-state index is -0.0962. The Morgan fingerprint density at radius 3 is 2.27 bits per heavy atom. The molecule has 0 saturated carbocycles. The van der Waals surface area contributed by atoms with Gasteiger partial charge in [0.1, 0.15) is 0 Å².